The summed E-state index contributed by atoms with van der Waals surface area (Å²) >= 11 is 9.07. The monoisotopic (exact) mass is 320 g/mol. The van der Waals surface area contributed by atoms with Gasteiger partial charge < -0.3 is 10.1 Å². The smallest absolute Gasteiger partial charge is 0.306 e. The summed E-state index contributed by atoms with van der Waals surface area (Å²) in [7, 11) is 1.27. The average Bonchev–Trinajstić information content (AvgIpc) is 2.29. The Kier molecular flexibility index (Phi) is 5.37. The van der Waals surface area contributed by atoms with Crippen molar-refractivity contribution in [3.63, 3.8) is 0 Å². The molecule has 1 aromatic rings. The lowest BCUT2D eigenvalue weighted by atomic mass is 10.3. The number of nitrogens with zero attached hydrogens (tertiary/aromatic N) is 1. The van der Waals surface area contributed by atoms with Crippen molar-refractivity contribution in [1.82, 2.24) is 4.98 Å². The maximum absolute atomic E-state index is 11.4. The van der Waals surface area contributed by atoms with Crippen LogP contribution < -0.4 is 5.32 Å². The fraction of sp³-hybridized carbons (Fsp3) is 0.300. The summed E-state index contributed by atoms with van der Waals surface area (Å²) in [5.41, 5.74) is 0. The van der Waals surface area contributed by atoms with Crippen LogP contribution in [-0.4, -0.2) is 24.0 Å². The number of hydrogen-bond acceptors (Lipinski definition) is 4. The highest BCUT2D eigenvalue weighted by atomic mass is 79.9. The quantitative estimate of drug-likeness (QED) is 0.865. The number of aromatic nitrogens is 1. The minimum atomic E-state index is -0.435. The van der Waals surface area contributed by atoms with E-state index < -0.39 is 5.97 Å². The lowest BCUT2D eigenvalue weighted by Gasteiger charge is -2.05. The Morgan fingerprint density at radius 1 is 1.53 bits per heavy atom. The Hall–Kier alpha value is -1.14. The van der Waals surface area contributed by atoms with Crippen LogP contribution in [0.15, 0.2) is 16.7 Å². The van der Waals surface area contributed by atoms with E-state index in [0.29, 0.717) is 5.02 Å². The topological polar surface area (TPSA) is 68.3 Å². The van der Waals surface area contributed by atoms with Gasteiger partial charge >= 0.3 is 5.97 Å². The fourth-order valence-corrected chi connectivity index (χ4v) is 1.70. The van der Waals surface area contributed by atoms with Gasteiger partial charge in [0.1, 0.15) is 0 Å². The molecule has 0 radical (unpaired) electrons. The average molecular weight is 322 g/mol. The number of hydrogen-bond donors (Lipinski definition) is 1. The number of rotatable bonds is 4. The van der Waals surface area contributed by atoms with Crippen LogP contribution in [0.25, 0.3) is 0 Å². The zero-order chi connectivity index (χ0) is 12.8. The van der Waals surface area contributed by atoms with Gasteiger partial charge in [-0.1, -0.05) is 11.6 Å². The molecule has 1 rings (SSSR count). The first-order valence-corrected chi connectivity index (χ1v) is 5.87. The van der Waals surface area contributed by atoms with Gasteiger partial charge in [-0.05, 0) is 22.0 Å². The summed E-state index contributed by atoms with van der Waals surface area (Å²) < 4.78 is 5.14. The third-order valence-corrected chi connectivity index (χ3v) is 2.57. The molecule has 0 atom stereocenters. The van der Waals surface area contributed by atoms with E-state index in [1.165, 1.54) is 13.3 Å². The van der Waals surface area contributed by atoms with Crippen molar-refractivity contribution in [3.8, 4) is 0 Å². The van der Waals surface area contributed by atoms with Crippen LogP contribution in [0.4, 0.5) is 5.82 Å². The van der Waals surface area contributed by atoms with E-state index in [2.05, 4.69) is 31.0 Å². The number of carbonyl (C=O) groups excluding carboxylic acids is 2. The van der Waals surface area contributed by atoms with Crippen molar-refractivity contribution < 1.29 is 14.3 Å². The molecule has 1 heterocycles. The largest absolute Gasteiger partial charge is 0.469 e. The third-order valence-electron chi connectivity index (χ3n) is 1.85. The van der Waals surface area contributed by atoms with E-state index in [0.717, 1.165) is 4.47 Å². The first-order valence-electron chi connectivity index (χ1n) is 4.70. The standard InChI is InChI=1S/C10H10BrClN2O3/c1-17-9(16)3-2-8(15)14-10-7(12)4-6(11)5-13-10/h4-5H,2-3H2,1H3,(H,13,14,15). The van der Waals surface area contributed by atoms with E-state index in [-0.39, 0.29) is 24.6 Å². The molecule has 0 aliphatic rings. The molecular weight excluding hydrogens is 311 g/mol. The Morgan fingerprint density at radius 2 is 2.24 bits per heavy atom. The van der Waals surface area contributed by atoms with Crippen molar-refractivity contribution in [2.45, 2.75) is 12.8 Å². The molecule has 1 amide bonds. The Morgan fingerprint density at radius 3 is 2.82 bits per heavy atom. The van der Waals surface area contributed by atoms with Crippen LogP contribution in [0.1, 0.15) is 12.8 Å². The van der Waals surface area contributed by atoms with E-state index >= 15 is 0 Å². The first kappa shape index (κ1) is 13.9. The Balaban J connectivity index is 2.53. The lowest BCUT2D eigenvalue weighted by molar-refractivity contribution is -0.141. The number of methoxy groups -OCH3 is 1. The minimum Gasteiger partial charge on any atom is -0.469 e. The Labute approximate surface area is 112 Å². The van der Waals surface area contributed by atoms with E-state index in [9.17, 15) is 9.59 Å². The molecule has 0 aliphatic carbocycles. The number of esters is 1. The second kappa shape index (κ2) is 6.56. The molecule has 1 N–H and O–H groups in total. The summed E-state index contributed by atoms with van der Waals surface area (Å²) in [5.74, 6) is -0.508. The molecule has 0 unspecified atom stereocenters. The number of halogens is 2. The molecule has 0 bridgehead atoms. The zero-order valence-electron chi connectivity index (χ0n) is 9.00. The third kappa shape index (κ3) is 4.70. The fourth-order valence-electron chi connectivity index (χ4n) is 1.02. The molecule has 7 heteroatoms. The molecule has 0 saturated carbocycles. The predicted octanol–water partition coefficient (Wildman–Crippen LogP) is 2.39. The number of pyridine rings is 1. The number of carbonyl (C=O) groups is 2. The number of amides is 1. The van der Waals surface area contributed by atoms with Gasteiger partial charge in [-0.15, -0.1) is 0 Å². The molecule has 0 saturated heterocycles. The van der Waals surface area contributed by atoms with Crippen molar-refractivity contribution in [2.24, 2.45) is 0 Å². The molecule has 92 valence electrons. The number of ether oxygens (including phenoxy) is 1. The van der Waals surface area contributed by atoms with Crippen molar-refractivity contribution >= 4 is 45.2 Å². The summed E-state index contributed by atoms with van der Waals surface area (Å²) in [6, 6.07) is 1.62. The minimum absolute atomic E-state index is 0.0243. The first-order chi connectivity index (χ1) is 8.02. The zero-order valence-corrected chi connectivity index (χ0v) is 11.3. The summed E-state index contributed by atoms with van der Waals surface area (Å²) in [6.45, 7) is 0. The summed E-state index contributed by atoms with van der Waals surface area (Å²) in [5, 5.41) is 2.83. The van der Waals surface area contributed by atoms with Gasteiger partial charge in [0.15, 0.2) is 5.82 Å². The summed E-state index contributed by atoms with van der Waals surface area (Å²) in [4.78, 5) is 26.2. The highest BCUT2D eigenvalue weighted by molar-refractivity contribution is 9.10. The van der Waals surface area contributed by atoms with Gasteiger partial charge in [0.05, 0.1) is 18.6 Å². The van der Waals surface area contributed by atoms with Gasteiger partial charge in [-0.2, -0.15) is 0 Å². The number of anilines is 1. The maximum atomic E-state index is 11.4. The van der Waals surface area contributed by atoms with Gasteiger partial charge in [0, 0.05) is 17.1 Å². The maximum Gasteiger partial charge on any atom is 0.306 e. The van der Waals surface area contributed by atoms with Crippen LogP contribution in [0.3, 0.4) is 0 Å². The van der Waals surface area contributed by atoms with Gasteiger partial charge in [0.25, 0.3) is 0 Å². The van der Waals surface area contributed by atoms with Crippen LogP contribution in [0, 0.1) is 0 Å². The van der Waals surface area contributed by atoms with Crippen molar-refractivity contribution in [3.05, 3.63) is 21.8 Å². The van der Waals surface area contributed by atoms with Crippen LogP contribution in [-0.2, 0) is 14.3 Å². The van der Waals surface area contributed by atoms with Gasteiger partial charge in [-0.25, -0.2) is 4.98 Å². The summed E-state index contributed by atoms with van der Waals surface area (Å²) in [6.07, 6.45) is 1.57. The highest BCUT2D eigenvalue weighted by Gasteiger charge is 2.10. The molecular formula is C10H10BrClN2O3. The SMILES string of the molecule is COC(=O)CCC(=O)Nc1ncc(Br)cc1Cl. The molecule has 0 aliphatic heterocycles. The lowest BCUT2D eigenvalue weighted by Crippen LogP contribution is -2.15. The molecule has 0 fully saturated rings. The molecule has 1 aromatic heterocycles. The van der Waals surface area contributed by atoms with Crippen molar-refractivity contribution in [1.29, 1.82) is 0 Å². The normalized spacial score (nSPS) is 9.82. The Bertz CT molecular complexity index is 440. The van der Waals surface area contributed by atoms with E-state index in [1.807, 2.05) is 0 Å². The van der Waals surface area contributed by atoms with E-state index in [1.54, 1.807) is 6.07 Å². The van der Waals surface area contributed by atoms with Crippen LogP contribution in [0.2, 0.25) is 5.02 Å². The van der Waals surface area contributed by atoms with Crippen LogP contribution >= 0.6 is 27.5 Å². The molecule has 0 spiro atoms. The van der Waals surface area contributed by atoms with Gasteiger partial charge in [0.2, 0.25) is 5.91 Å². The van der Waals surface area contributed by atoms with Gasteiger partial charge in [-0.3, -0.25) is 9.59 Å². The predicted molar refractivity (Wildman–Crippen MR) is 66.8 cm³/mol. The van der Waals surface area contributed by atoms with Crippen molar-refractivity contribution in [2.75, 3.05) is 12.4 Å². The van der Waals surface area contributed by atoms with E-state index in [4.69, 9.17) is 11.6 Å². The second-order valence-electron chi connectivity index (χ2n) is 3.11. The van der Waals surface area contributed by atoms with Crippen LogP contribution in [0.5, 0.6) is 0 Å². The number of nitrogens with one attached hydrogen (secondary N) is 1. The molecule has 17 heavy (non-hydrogen) atoms. The molecule has 0 aromatic carbocycles. The highest BCUT2D eigenvalue weighted by Crippen LogP contribution is 2.22. The molecule has 5 nitrogen and oxygen atoms in total. The second-order valence-corrected chi connectivity index (χ2v) is 4.43.